The van der Waals surface area contributed by atoms with Crippen LogP contribution < -0.4 is 0 Å². The van der Waals surface area contributed by atoms with Crippen molar-refractivity contribution in [2.45, 2.75) is 13.8 Å². The lowest BCUT2D eigenvalue weighted by molar-refractivity contribution is -0.107. The second-order valence-electron chi connectivity index (χ2n) is 1.55. The van der Waals surface area contributed by atoms with Gasteiger partial charge in [-0.15, -0.1) is 0 Å². The highest BCUT2D eigenvalue weighted by molar-refractivity contribution is 5.56. The largest absolute Gasteiger partial charge is 0.303 e. The highest BCUT2D eigenvalue weighted by Gasteiger charge is 1.84. The molecule has 0 saturated carbocycles. The zero-order valence-electron chi connectivity index (χ0n) is 5.34. The monoisotopic (exact) mass is 138 g/mol. The van der Waals surface area contributed by atoms with Gasteiger partial charge in [-0.2, -0.15) is 0 Å². The van der Waals surface area contributed by atoms with Gasteiger partial charge in [-0.25, -0.2) is 0 Å². The van der Waals surface area contributed by atoms with Gasteiger partial charge in [0.2, 0.25) is 0 Å². The van der Waals surface area contributed by atoms with Gasteiger partial charge >= 0.3 is 0 Å². The molecule has 0 fully saturated rings. The van der Waals surface area contributed by atoms with Crippen LogP contribution in [0, 0.1) is 0 Å². The van der Waals surface area contributed by atoms with E-state index in [0.29, 0.717) is 6.42 Å². The summed E-state index contributed by atoms with van der Waals surface area (Å²) in [5.74, 6) is 0. The number of hydrogen-bond acceptors (Lipinski definition) is 1. The Bertz CT molecular complexity index is 143. The van der Waals surface area contributed by atoms with Gasteiger partial charge in [-0.05, 0) is 5.57 Å². The molecule has 0 heterocycles. The quantitative estimate of drug-likeness (QED) is 0.431. The zero-order chi connectivity index (χ0) is 7.11. The lowest BCUT2D eigenvalue weighted by Gasteiger charge is -1.88. The van der Waals surface area contributed by atoms with Crippen LogP contribution in [0.15, 0.2) is 37.0 Å². The van der Waals surface area contributed by atoms with Crippen LogP contribution in [0.3, 0.4) is 0 Å². The molecule has 0 atom stereocenters. The third kappa shape index (κ3) is 5.04. The SMILES string of the molecule is C.C=C/C=C(\C=C)CC=O. The Kier molecular flexibility index (Phi) is 9.20. The first-order valence-corrected chi connectivity index (χ1v) is 2.72. The maximum Gasteiger partial charge on any atom is 0.124 e. The first-order valence-electron chi connectivity index (χ1n) is 2.72. The maximum absolute atomic E-state index is 9.93. The van der Waals surface area contributed by atoms with Crippen molar-refractivity contribution in [1.29, 1.82) is 0 Å². The summed E-state index contributed by atoms with van der Waals surface area (Å²) in [7, 11) is 0. The second kappa shape index (κ2) is 7.89. The van der Waals surface area contributed by atoms with Crippen LogP contribution in [-0.4, -0.2) is 6.29 Å². The second-order valence-corrected chi connectivity index (χ2v) is 1.55. The molecule has 0 bridgehead atoms. The minimum atomic E-state index is 0. The molecule has 56 valence electrons. The van der Waals surface area contributed by atoms with Crippen LogP contribution in [0.2, 0.25) is 0 Å². The standard InChI is InChI=1S/C8H10O.CH4/c1-3-5-8(4-2)6-7-9;/h3-5,7H,1-2,6H2;1H4/b8-5+;. The summed E-state index contributed by atoms with van der Waals surface area (Å²) in [6, 6.07) is 0. The van der Waals surface area contributed by atoms with Crippen molar-refractivity contribution in [2.75, 3.05) is 0 Å². The zero-order valence-corrected chi connectivity index (χ0v) is 5.34. The Morgan fingerprint density at radius 3 is 2.30 bits per heavy atom. The molecule has 1 nitrogen and oxygen atoms in total. The number of rotatable bonds is 4. The molecule has 1 heteroatoms. The van der Waals surface area contributed by atoms with E-state index < -0.39 is 0 Å². The van der Waals surface area contributed by atoms with E-state index in [0.717, 1.165) is 11.9 Å². The average Bonchev–Trinajstić information content (AvgIpc) is 1.88. The van der Waals surface area contributed by atoms with Crippen LogP contribution in [0.4, 0.5) is 0 Å². The summed E-state index contributed by atoms with van der Waals surface area (Å²) in [6.07, 6.45) is 6.32. The Morgan fingerprint density at radius 1 is 1.40 bits per heavy atom. The topological polar surface area (TPSA) is 17.1 Å². The molecule has 0 aliphatic rings. The molecule has 0 aromatic heterocycles. The fourth-order valence-corrected chi connectivity index (χ4v) is 0.467. The van der Waals surface area contributed by atoms with Crippen molar-refractivity contribution in [2.24, 2.45) is 0 Å². The summed E-state index contributed by atoms with van der Waals surface area (Å²) in [5.41, 5.74) is 0.903. The third-order valence-corrected chi connectivity index (χ3v) is 0.913. The molecule has 0 aliphatic carbocycles. The van der Waals surface area contributed by atoms with E-state index in [9.17, 15) is 4.79 Å². The summed E-state index contributed by atoms with van der Waals surface area (Å²) in [6.45, 7) is 7.01. The molecule has 0 amide bonds. The van der Waals surface area contributed by atoms with Gasteiger partial charge in [-0.3, -0.25) is 0 Å². The number of allylic oxidation sites excluding steroid dienone is 4. The highest BCUT2D eigenvalue weighted by Crippen LogP contribution is 1.98. The summed E-state index contributed by atoms with van der Waals surface area (Å²) in [4.78, 5) is 9.93. The van der Waals surface area contributed by atoms with Crippen molar-refractivity contribution < 1.29 is 4.79 Å². The number of carbonyl (C=O) groups excluding carboxylic acids is 1. The lowest BCUT2D eigenvalue weighted by Crippen LogP contribution is -1.77. The predicted molar refractivity (Wildman–Crippen MR) is 45.9 cm³/mol. The van der Waals surface area contributed by atoms with E-state index in [1.165, 1.54) is 0 Å². The number of aldehydes is 1. The van der Waals surface area contributed by atoms with E-state index in [-0.39, 0.29) is 7.43 Å². The molecular formula is C9H14O. The van der Waals surface area contributed by atoms with Crippen LogP contribution in [0.5, 0.6) is 0 Å². The first kappa shape index (κ1) is 11.7. The van der Waals surface area contributed by atoms with E-state index in [2.05, 4.69) is 13.2 Å². The molecule has 0 aromatic rings. The van der Waals surface area contributed by atoms with Gasteiger partial charge in [-0.1, -0.05) is 38.8 Å². The molecule has 0 N–H and O–H groups in total. The lowest BCUT2D eigenvalue weighted by atomic mass is 10.2. The third-order valence-electron chi connectivity index (χ3n) is 0.913. The average molecular weight is 138 g/mol. The Balaban J connectivity index is 0. The van der Waals surface area contributed by atoms with Gasteiger partial charge < -0.3 is 4.79 Å². The summed E-state index contributed by atoms with van der Waals surface area (Å²) >= 11 is 0. The summed E-state index contributed by atoms with van der Waals surface area (Å²) in [5, 5.41) is 0. The molecule has 0 aromatic carbocycles. The summed E-state index contributed by atoms with van der Waals surface area (Å²) < 4.78 is 0. The van der Waals surface area contributed by atoms with E-state index in [1.807, 2.05) is 0 Å². The van der Waals surface area contributed by atoms with Crippen LogP contribution in [0.25, 0.3) is 0 Å². The molecule has 0 saturated heterocycles. The van der Waals surface area contributed by atoms with Gasteiger partial charge in [0, 0.05) is 6.42 Å². The van der Waals surface area contributed by atoms with E-state index in [4.69, 9.17) is 0 Å². The fourth-order valence-electron chi connectivity index (χ4n) is 0.467. The van der Waals surface area contributed by atoms with Crippen molar-refractivity contribution >= 4 is 6.29 Å². The smallest absolute Gasteiger partial charge is 0.124 e. The van der Waals surface area contributed by atoms with Gasteiger partial charge in [0.25, 0.3) is 0 Å². The fraction of sp³-hybridized carbons (Fsp3) is 0.222. The molecule has 0 unspecified atom stereocenters. The Hall–Kier alpha value is -1.11. The molecular weight excluding hydrogens is 124 g/mol. The maximum atomic E-state index is 9.93. The molecule has 0 rings (SSSR count). The normalized spacial score (nSPS) is 9.40. The van der Waals surface area contributed by atoms with E-state index in [1.54, 1.807) is 18.2 Å². The van der Waals surface area contributed by atoms with Gasteiger partial charge in [0.1, 0.15) is 6.29 Å². The Morgan fingerprint density at radius 2 is 2.00 bits per heavy atom. The minimum Gasteiger partial charge on any atom is -0.303 e. The number of hydrogen-bond donors (Lipinski definition) is 0. The van der Waals surface area contributed by atoms with Crippen molar-refractivity contribution in [3.05, 3.63) is 37.0 Å². The molecule has 0 aliphatic heterocycles. The molecule has 0 radical (unpaired) electrons. The van der Waals surface area contributed by atoms with Crippen LogP contribution in [-0.2, 0) is 4.79 Å². The van der Waals surface area contributed by atoms with Crippen molar-refractivity contribution in [3.8, 4) is 0 Å². The van der Waals surface area contributed by atoms with Crippen LogP contribution in [0.1, 0.15) is 13.8 Å². The Labute approximate surface area is 62.8 Å². The van der Waals surface area contributed by atoms with Gasteiger partial charge in [0.05, 0.1) is 0 Å². The van der Waals surface area contributed by atoms with Crippen molar-refractivity contribution in [3.63, 3.8) is 0 Å². The first-order chi connectivity index (χ1) is 4.35. The molecule has 0 spiro atoms. The predicted octanol–water partition coefficient (Wildman–Crippen LogP) is 2.51. The van der Waals surface area contributed by atoms with Gasteiger partial charge in [0.15, 0.2) is 0 Å². The van der Waals surface area contributed by atoms with E-state index >= 15 is 0 Å². The number of carbonyl (C=O) groups is 1. The van der Waals surface area contributed by atoms with Crippen molar-refractivity contribution in [1.82, 2.24) is 0 Å². The highest BCUT2D eigenvalue weighted by atomic mass is 16.1. The minimum absolute atomic E-state index is 0. The van der Waals surface area contributed by atoms with Crippen LogP contribution >= 0.6 is 0 Å². The molecule has 10 heavy (non-hydrogen) atoms.